The standard InChI is InChI=1S/C16BF12/c18-5-1-2(8(21)13(26)12(25)7(1)20)6(19)9(22)3(5)17-4-10(23)14(27)16(29)15(28)11(4)24/q-1. The number of hydrogen-bond acceptors (Lipinski definition) is 0. The highest BCUT2D eigenvalue weighted by atomic mass is 19.2. The molecule has 2 radical (unpaired) electrons. The van der Waals surface area contributed by atoms with Crippen molar-refractivity contribution in [3.05, 3.63) is 69.8 Å². The van der Waals surface area contributed by atoms with Gasteiger partial charge in [-0.3, -0.25) is 0 Å². The van der Waals surface area contributed by atoms with Gasteiger partial charge in [-0.05, 0) is 0 Å². The van der Waals surface area contributed by atoms with Gasteiger partial charge in [0.05, 0.1) is 16.6 Å². The van der Waals surface area contributed by atoms with Gasteiger partial charge in [0.25, 0.3) is 0 Å². The quantitative estimate of drug-likeness (QED) is 0.248. The Morgan fingerprint density at radius 1 is 0.276 bits per heavy atom. The summed E-state index contributed by atoms with van der Waals surface area (Å²) in [7, 11) is -0.429. The third-order valence-electron chi connectivity index (χ3n) is 3.90. The molecule has 0 spiro atoms. The highest BCUT2D eigenvalue weighted by Gasteiger charge is 2.28. The van der Waals surface area contributed by atoms with E-state index in [2.05, 4.69) is 0 Å². The zero-order valence-corrected chi connectivity index (χ0v) is 13.1. The van der Waals surface area contributed by atoms with Crippen LogP contribution < -0.4 is 10.9 Å². The van der Waals surface area contributed by atoms with E-state index in [-0.39, 0.29) is 0 Å². The first kappa shape index (κ1) is 20.9. The Morgan fingerprint density at radius 2 is 0.517 bits per heavy atom. The highest BCUT2D eigenvalue weighted by molar-refractivity contribution is 6.68. The summed E-state index contributed by atoms with van der Waals surface area (Å²) in [4.78, 5) is 0. The van der Waals surface area contributed by atoms with Crippen LogP contribution in [0.5, 0.6) is 0 Å². The first-order valence-electron chi connectivity index (χ1n) is 7.10. The fourth-order valence-electron chi connectivity index (χ4n) is 2.52. The lowest BCUT2D eigenvalue weighted by atomic mass is 9.62. The molecule has 0 atom stereocenters. The Labute approximate surface area is 152 Å². The maximum atomic E-state index is 14.5. The minimum absolute atomic E-state index is 0.429. The number of rotatable bonds is 2. The summed E-state index contributed by atoms with van der Waals surface area (Å²) >= 11 is 0. The van der Waals surface area contributed by atoms with Gasteiger partial charge in [0.15, 0.2) is 46.5 Å². The van der Waals surface area contributed by atoms with E-state index in [4.69, 9.17) is 0 Å². The molecule has 0 aromatic heterocycles. The molecular weight excluding hydrogens is 431 g/mol. The first-order valence-corrected chi connectivity index (χ1v) is 7.10. The molecule has 0 fully saturated rings. The van der Waals surface area contributed by atoms with Crippen molar-refractivity contribution >= 4 is 29.0 Å². The van der Waals surface area contributed by atoms with Gasteiger partial charge in [0, 0.05) is 0 Å². The average Bonchev–Trinajstić information content (AvgIpc) is 2.69. The summed E-state index contributed by atoms with van der Waals surface area (Å²) in [6.45, 7) is 0. The maximum absolute atomic E-state index is 14.5. The van der Waals surface area contributed by atoms with E-state index in [1.54, 1.807) is 0 Å². The summed E-state index contributed by atoms with van der Waals surface area (Å²) in [5, 5.41) is -4.00. The normalized spacial score (nSPS) is 11.6. The lowest BCUT2D eigenvalue weighted by Gasteiger charge is -2.23. The molecule has 0 saturated carbocycles. The summed E-state index contributed by atoms with van der Waals surface area (Å²) in [5.74, 6) is -30.5. The molecule has 0 amide bonds. The van der Waals surface area contributed by atoms with Crippen LogP contribution in [-0.2, 0) is 0 Å². The van der Waals surface area contributed by atoms with E-state index < -0.39 is 98.8 Å². The van der Waals surface area contributed by atoms with Gasteiger partial charge < -0.3 is 0 Å². The molecule has 0 N–H and O–H groups in total. The molecule has 0 heterocycles. The lowest BCUT2D eigenvalue weighted by Crippen LogP contribution is -2.39. The number of hydrogen-bond donors (Lipinski definition) is 0. The molecule has 13 heteroatoms. The Balaban J connectivity index is 2.40. The SMILES string of the molecule is Fc1c(F)c(F)c([B-]c2c(F)c(F)c3c(F)c(F)c(F)c(F)c3c2F)c(F)c1F. The van der Waals surface area contributed by atoms with Gasteiger partial charge in [0.2, 0.25) is 0 Å². The smallest absolute Gasteiger partial charge is 0.200 e. The Kier molecular flexibility index (Phi) is 4.95. The average molecular weight is 431 g/mol. The molecule has 0 bridgehead atoms. The molecule has 3 aromatic rings. The van der Waals surface area contributed by atoms with Crippen LogP contribution in [0.3, 0.4) is 0 Å². The minimum Gasteiger partial charge on any atom is -0.242 e. The van der Waals surface area contributed by atoms with Crippen LogP contribution in [0.15, 0.2) is 0 Å². The van der Waals surface area contributed by atoms with Crippen molar-refractivity contribution < 1.29 is 52.7 Å². The van der Waals surface area contributed by atoms with Gasteiger partial charge in [-0.25, -0.2) is 65.4 Å². The largest absolute Gasteiger partial charge is 0.242 e. The summed E-state index contributed by atoms with van der Waals surface area (Å²) in [6.07, 6.45) is 0. The summed E-state index contributed by atoms with van der Waals surface area (Å²) in [6, 6.07) is 0. The van der Waals surface area contributed by atoms with Gasteiger partial charge >= 0.3 is 0 Å². The predicted molar refractivity (Wildman–Crippen MR) is 74.9 cm³/mol. The van der Waals surface area contributed by atoms with Crippen molar-refractivity contribution in [3.8, 4) is 0 Å². The summed E-state index contributed by atoms with van der Waals surface area (Å²) < 4.78 is 163. The van der Waals surface area contributed by atoms with Crippen LogP contribution in [-0.4, -0.2) is 7.28 Å². The molecule has 3 aromatic carbocycles. The van der Waals surface area contributed by atoms with Gasteiger partial charge in [-0.2, -0.15) is 5.46 Å². The highest BCUT2D eigenvalue weighted by Crippen LogP contribution is 2.31. The van der Waals surface area contributed by atoms with Gasteiger partial charge in [0.1, 0.15) is 17.5 Å². The minimum atomic E-state index is -2.62. The number of fused-ring (bicyclic) bond motifs is 1. The van der Waals surface area contributed by atoms with Crippen molar-refractivity contribution in [1.82, 2.24) is 0 Å². The van der Waals surface area contributed by atoms with Crippen molar-refractivity contribution in [1.29, 1.82) is 0 Å². The Morgan fingerprint density at radius 3 is 0.966 bits per heavy atom. The zero-order valence-electron chi connectivity index (χ0n) is 13.1. The molecule has 0 aliphatic heterocycles. The molecule has 0 unspecified atom stereocenters. The molecule has 29 heavy (non-hydrogen) atoms. The van der Waals surface area contributed by atoms with Crippen molar-refractivity contribution in [3.63, 3.8) is 0 Å². The van der Waals surface area contributed by atoms with Crippen LogP contribution in [0.1, 0.15) is 0 Å². The lowest BCUT2D eigenvalue weighted by molar-refractivity contribution is 0.384. The molecule has 3 rings (SSSR count). The first-order chi connectivity index (χ1) is 13.4. The van der Waals surface area contributed by atoms with Crippen LogP contribution in [0.4, 0.5) is 52.7 Å². The van der Waals surface area contributed by atoms with Crippen LogP contribution >= 0.6 is 0 Å². The fraction of sp³-hybridized carbons (Fsp3) is 0. The molecule has 152 valence electrons. The second kappa shape index (κ2) is 6.88. The molecule has 0 nitrogen and oxygen atoms in total. The van der Waals surface area contributed by atoms with E-state index in [0.29, 0.717) is 0 Å². The third kappa shape index (κ3) is 2.82. The van der Waals surface area contributed by atoms with E-state index >= 15 is 0 Å². The van der Waals surface area contributed by atoms with Crippen LogP contribution in [0, 0.1) is 69.8 Å². The number of halogens is 12. The molecule has 0 aliphatic carbocycles. The van der Waals surface area contributed by atoms with E-state index in [1.165, 1.54) is 0 Å². The molecule has 0 saturated heterocycles. The van der Waals surface area contributed by atoms with Crippen LogP contribution in [0.2, 0.25) is 0 Å². The summed E-state index contributed by atoms with van der Waals surface area (Å²) in [5.41, 5.74) is -3.90. The van der Waals surface area contributed by atoms with E-state index in [1.807, 2.05) is 0 Å². The van der Waals surface area contributed by atoms with Crippen LogP contribution in [0.25, 0.3) is 10.8 Å². The second-order valence-electron chi connectivity index (χ2n) is 5.49. The maximum Gasteiger partial charge on any atom is 0.200 e. The Bertz CT molecular complexity index is 1170. The van der Waals surface area contributed by atoms with E-state index in [9.17, 15) is 52.7 Å². The number of benzene rings is 3. The fourth-order valence-corrected chi connectivity index (χ4v) is 2.52. The van der Waals surface area contributed by atoms with Crippen molar-refractivity contribution in [2.24, 2.45) is 0 Å². The molecular formula is C16BF12-. The second-order valence-corrected chi connectivity index (χ2v) is 5.49. The van der Waals surface area contributed by atoms with Gasteiger partial charge in [-0.1, -0.05) is 0 Å². The monoisotopic (exact) mass is 431 g/mol. The third-order valence-corrected chi connectivity index (χ3v) is 3.90. The molecule has 0 aliphatic rings. The van der Waals surface area contributed by atoms with Crippen molar-refractivity contribution in [2.75, 3.05) is 0 Å². The Hall–Kier alpha value is -2.86. The van der Waals surface area contributed by atoms with E-state index in [0.717, 1.165) is 0 Å². The van der Waals surface area contributed by atoms with Crippen molar-refractivity contribution in [2.45, 2.75) is 0 Å². The van der Waals surface area contributed by atoms with Gasteiger partial charge in [-0.15, -0.1) is 0 Å². The topological polar surface area (TPSA) is 0 Å². The predicted octanol–water partition coefficient (Wildman–Crippen LogP) is 4.16. The zero-order chi connectivity index (χ0) is 21.9.